The van der Waals surface area contributed by atoms with Crippen LogP contribution < -0.4 is 25.6 Å². The highest BCUT2D eigenvalue weighted by atomic mass is 32.2. The lowest BCUT2D eigenvalue weighted by Crippen LogP contribution is -2.31. The summed E-state index contributed by atoms with van der Waals surface area (Å²) < 4.78 is 59.4. The SMILES string of the molecule is CCCN(CCNC)c1ccc(NCC#Cc2cc3c(NC4CCS(=O)CC4)cccc3n2CC(F)(F)F)c(OC)c1. The molecule has 0 unspecified atom stereocenters. The Morgan fingerprint density at radius 1 is 1.12 bits per heavy atom. The minimum atomic E-state index is -4.40. The maximum absolute atomic E-state index is 13.6. The maximum atomic E-state index is 13.6. The average Bonchev–Trinajstić information content (AvgIpc) is 3.31. The fourth-order valence-electron chi connectivity index (χ4n) is 5.21. The Bertz CT molecular complexity index is 1420. The molecular formula is C31H40F3N5O2S. The Morgan fingerprint density at radius 2 is 1.90 bits per heavy atom. The first-order chi connectivity index (χ1) is 20.2. The van der Waals surface area contributed by atoms with E-state index in [1.807, 2.05) is 31.3 Å². The molecule has 1 aliphatic rings. The van der Waals surface area contributed by atoms with Crippen LogP contribution in [0.5, 0.6) is 5.75 Å². The molecule has 0 radical (unpaired) electrons. The summed E-state index contributed by atoms with van der Waals surface area (Å²) in [4.78, 5) is 2.29. The first-order valence-electron chi connectivity index (χ1n) is 14.3. The van der Waals surface area contributed by atoms with Crippen molar-refractivity contribution >= 4 is 38.8 Å². The number of fused-ring (bicyclic) bond motifs is 1. The lowest BCUT2D eigenvalue weighted by molar-refractivity contribution is -0.140. The molecule has 4 rings (SSSR count). The molecule has 1 fully saturated rings. The van der Waals surface area contributed by atoms with Gasteiger partial charge in [-0.05, 0) is 62.6 Å². The van der Waals surface area contributed by atoms with Crippen molar-refractivity contribution in [3.05, 3.63) is 48.2 Å². The minimum Gasteiger partial charge on any atom is -0.495 e. The average molecular weight is 604 g/mol. The van der Waals surface area contributed by atoms with Crippen LogP contribution in [0.2, 0.25) is 0 Å². The fourth-order valence-corrected chi connectivity index (χ4v) is 6.50. The summed E-state index contributed by atoms with van der Waals surface area (Å²) in [6.07, 6.45) is -1.85. The van der Waals surface area contributed by atoms with Crippen LogP contribution in [-0.4, -0.2) is 72.8 Å². The molecule has 1 aromatic heterocycles. The molecule has 0 amide bonds. The van der Waals surface area contributed by atoms with Crippen LogP contribution in [0.15, 0.2) is 42.5 Å². The lowest BCUT2D eigenvalue weighted by Gasteiger charge is -2.25. The van der Waals surface area contributed by atoms with E-state index in [0.29, 0.717) is 33.9 Å². The van der Waals surface area contributed by atoms with Crippen LogP contribution in [0.25, 0.3) is 10.9 Å². The molecule has 1 aliphatic heterocycles. The largest absolute Gasteiger partial charge is 0.495 e. The molecule has 0 bridgehead atoms. The van der Waals surface area contributed by atoms with Gasteiger partial charge in [0.25, 0.3) is 0 Å². The number of nitrogens with one attached hydrogen (secondary N) is 3. The first-order valence-corrected chi connectivity index (χ1v) is 15.8. The zero-order valence-corrected chi connectivity index (χ0v) is 25.3. The normalized spacial score (nSPS) is 17.0. The summed E-state index contributed by atoms with van der Waals surface area (Å²) in [6, 6.07) is 13.1. The topological polar surface area (TPSA) is 70.6 Å². The van der Waals surface area contributed by atoms with Crippen molar-refractivity contribution in [2.75, 3.05) is 67.4 Å². The summed E-state index contributed by atoms with van der Waals surface area (Å²) in [5.74, 6) is 7.91. The Kier molecular flexibility index (Phi) is 11.0. The number of hydrogen-bond donors (Lipinski definition) is 3. The second-order valence-corrected chi connectivity index (χ2v) is 12.1. The molecule has 3 N–H and O–H groups in total. The third kappa shape index (κ3) is 8.35. The van der Waals surface area contributed by atoms with E-state index in [-0.39, 0.29) is 12.6 Å². The lowest BCUT2D eigenvalue weighted by atomic mass is 10.1. The van der Waals surface area contributed by atoms with Crippen molar-refractivity contribution in [1.29, 1.82) is 0 Å². The third-order valence-corrected chi connectivity index (χ3v) is 8.67. The summed E-state index contributed by atoms with van der Waals surface area (Å²) >= 11 is 0. The van der Waals surface area contributed by atoms with Crippen LogP contribution in [0.1, 0.15) is 31.9 Å². The van der Waals surface area contributed by atoms with E-state index < -0.39 is 23.5 Å². The highest BCUT2D eigenvalue weighted by Gasteiger charge is 2.30. The standard InChI is InChI=1S/C31H40F3N5O2S/c1-4-16-38(17-15-35-2)24-10-11-28(30(21-24)41-3)36-14-6-7-25-20-26-27(37-23-12-18-42(40)19-13-23)8-5-9-29(26)39(25)22-31(32,33)34/h5,8-11,20-21,23,35-37H,4,12-19,22H2,1-3H3. The van der Waals surface area contributed by atoms with Crippen molar-refractivity contribution in [3.8, 4) is 17.6 Å². The Balaban J connectivity index is 1.54. The molecular weight excluding hydrogens is 563 g/mol. The zero-order chi connectivity index (χ0) is 30.1. The van der Waals surface area contributed by atoms with Gasteiger partial charge in [-0.3, -0.25) is 4.21 Å². The van der Waals surface area contributed by atoms with Crippen molar-refractivity contribution in [2.24, 2.45) is 0 Å². The number of rotatable bonds is 12. The maximum Gasteiger partial charge on any atom is 0.406 e. The van der Waals surface area contributed by atoms with Gasteiger partial charge in [0.2, 0.25) is 0 Å². The Morgan fingerprint density at radius 3 is 2.60 bits per heavy atom. The van der Waals surface area contributed by atoms with E-state index in [1.165, 1.54) is 4.57 Å². The minimum absolute atomic E-state index is 0.136. The second-order valence-electron chi connectivity index (χ2n) is 10.4. The van der Waals surface area contributed by atoms with E-state index in [4.69, 9.17) is 4.74 Å². The van der Waals surface area contributed by atoms with Gasteiger partial charge in [0.05, 0.1) is 30.6 Å². The quantitative estimate of drug-likeness (QED) is 0.240. The molecule has 7 nitrogen and oxygen atoms in total. The highest BCUT2D eigenvalue weighted by Crippen LogP contribution is 2.32. The predicted octanol–water partition coefficient (Wildman–Crippen LogP) is 5.43. The van der Waals surface area contributed by atoms with Crippen LogP contribution in [0.4, 0.5) is 30.2 Å². The summed E-state index contributed by atoms with van der Waals surface area (Å²) in [7, 11) is 2.75. The van der Waals surface area contributed by atoms with Gasteiger partial charge < -0.3 is 30.2 Å². The van der Waals surface area contributed by atoms with Crippen molar-refractivity contribution in [2.45, 2.75) is 44.9 Å². The predicted molar refractivity (Wildman–Crippen MR) is 167 cm³/mol. The van der Waals surface area contributed by atoms with E-state index in [9.17, 15) is 17.4 Å². The molecule has 0 saturated carbocycles. The van der Waals surface area contributed by atoms with E-state index in [2.05, 4.69) is 39.6 Å². The highest BCUT2D eigenvalue weighted by molar-refractivity contribution is 7.85. The van der Waals surface area contributed by atoms with Crippen LogP contribution >= 0.6 is 0 Å². The van der Waals surface area contributed by atoms with Crippen LogP contribution in [0.3, 0.4) is 0 Å². The number of hydrogen-bond acceptors (Lipinski definition) is 6. The van der Waals surface area contributed by atoms with Gasteiger partial charge in [0.15, 0.2) is 0 Å². The molecule has 11 heteroatoms. The number of benzene rings is 2. The zero-order valence-electron chi connectivity index (χ0n) is 24.4. The number of nitrogens with zero attached hydrogens (tertiary/aromatic N) is 2. The molecule has 42 heavy (non-hydrogen) atoms. The van der Waals surface area contributed by atoms with Gasteiger partial charge in [-0.15, -0.1) is 0 Å². The molecule has 0 atom stereocenters. The van der Waals surface area contributed by atoms with Crippen molar-refractivity contribution < 1.29 is 22.1 Å². The van der Waals surface area contributed by atoms with Crippen molar-refractivity contribution in [3.63, 3.8) is 0 Å². The van der Waals surface area contributed by atoms with Gasteiger partial charge in [-0.2, -0.15) is 13.2 Å². The molecule has 0 aliphatic carbocycles. The van der Waals surface area contributed by atoms with Gasteiger partial charge in [0.1, 0.15) is 12.3 Å². The Labute approximate surface area is 248 Å². The third-order valence-electron chi connectivity index (χ3n) is 7.29. The number of alkyl halides is 3. The number of methoxy groups -OCH3 is 1. The van der Waals surface area contributed by atoms with E-state index >= 15 is 0 Å². The first kappa shape index (κ1) is 31.6. The van der Waals surface area contributed by atoms with Crippen LogP contribution in [-0.2, 0) is 17.3 Å². The summed E-state index contributed by atoms with van der Waals surface area (Å²) in [5, 5.41) is 10.6. The van der Waals surface area contributed by atoms with Gasteiger partial charge in [-0.25, -0.2) is 0 Å². The van der Waals surface area contributed by atoms with E-state index in [0.717, 1.165) is 56.0 Å². The second kappa shape index (κ2) is 14.7. The van der Waals surface area contributed by atoms with Gasteiger partial charge in [0, 0.05) is 70.8 Å². The smallest absolute Gasteiger partial charge is 0.406 e. The Hall–Kier alpha value is -3.36. The number of anilines is 3. The monoisotopic (exact) mass is 603 g/mol. The van der Waals surface area contributed by atoms with E-state index in [1.54, 1.807) is 25.3 Å². The van der Waals surface area contributed by atoms with Gasteiger partial charge >= 0.3 is 6.18 Å². The van der Waals surface area contributed by atoms with Gasteiger partial charge in [-0.1, -0.05) is 18.9 Å². The summed E-state index contributed by atoms with van der Waals surface area (Å²) in [5.41, 5.74) is 3.36. The fraction of sp³-hybridized carbons (Fsp3) is 0.484. The molecule has 0 spiro atoms. The molecule has 1 saturated heterocycles. The van der Waals surface area contributed by atoms with Crippen molar-refractivity contribution in [1.82, 2.24) is 9.88 Å². The number of aromatic nitrogens is 1. The summed E-state index contributed by atoms with van der Waals surface area (Å²) in [6.45, 7) is 3.90. The molecule has 2 aromatic carbocycles. The molecule has 2 heterocycles. The number of ether oxygens (including phenoxy) is 1. The number of halogens is 3. The molecule has 228 valence electrons. The number of likely N-dealkylation sites (N-methyl/N-ethyl adjacent to an activating group) is 1. The molecule has 3 aromatic rings. The van der Waals surface area contributed by atoms with Crippen LogP contribution in [0, 0.1) is 11.8 Å².